The third-order valence-electron chi connectivity index (χ3n) is 7.29. The van der Waals surface area contributed by atoms with Crippen LogP contribution in [-0.4, -0.2) is 0 Å². The standard InChI is InChI=1S/C37H30S/c1-7-19-31(20-8-1)37(32-21-9-2-10-22-32,33-23-11-3-12-24-33)38(34-25-13-4-14-26-34,35-27-15-5-16-28-35)36-29-17-6-18-30-36/h1-30H. The van der Waals surface area contributed by atoms with E-state index < -0.39 is 14.8 Å². The summed E-state index contributed by atoms with van der Waals surface area (Å²) in [7, 11) is -1.99. The lowest BCUT2D eigenvalue weighted by Crippen LogP contribution is -2.36. The van der Waals surface area contributed by atoms with Crippen molar-refractivity contribution >= 4 is 10.0 Å². The molecule has 0 unspecified atom stereocenters. The van der Waals surface area contributed by atoms with Crippen molar-refractivity contribution in [2.24, 2.45) is 0 Å². The van der Waals surface area contributed by atoms with E-state index in [0.29, 0.717) is 0 Å². The highest BCUT2D eigenvalue weighted by atomic mass is 32.3. The van der Waals surface area contributed by atoms with Gasteiger partial charge in [0.25, 0.3) is 0 Å². The molecule has 1 heteroatoms. The Bertz CT molecular complexity index is 1250. The summed E-state index contributed by atoms with van der Waals surface area (Å²) in [5.74, 6) is 0. The SMILES string of the molecule is c1ccc(C(c2ccccc2)(c2ccccc2)S(c2ccccc2)(c2ccccc2)c2ccccc2)cc1. The predicted molar refractivity (Wildman–Crippen MR) is 161 cm³/mol. The van der Waals surface area contributed by atoms with Gasteiger partial charge in [0.1, 0.15) is 0 Å². The van der Waals surface area contributed by atoms with Crippen LogP contribution in [0.3, 0.4) is 0 Å². The summed E-state index contributed by atoms with van der Waals surface area (Å²) in [6.07, 6.45) is 0. The molecule has 0 aliphatic heterocycles. The zero-order valence-corrected chi connectivity index (χ0v) is 22.0. The maximum atomic E-state index is 2.33. The fraction of sp³-hybridized carbons (Fsp3) is 0.0270. The van der Waals surface area contributed by atoms with E-state index in [1.54, 1.807) is 0 Å². The summed E-state index contributed by atoms with van der Waals surface area (Å²) in [5, 5.41) is 0. The molecule has 38 heavy (non-hydrogen) atoms. The van der Waals surface area contributed by atoms with Crippen molar-refractivity contribution < 1.29 is 0 Å². The van der Waals surface area contributed by atoms with Crippen molar-refractivity contribution in [1.82, 2.24) is 0 Å². The van der Waals surface area contributed by atoms with E-state index in [1.807, 2.05) is 0 Å². The van der Waals surface area contributed by atoms with Crippen LogP contribution in [-0.2, 0) is 4.75 Å². The van der Waals surface area contributed by atoms with E-state index in [2.05, 4.69) is 182 Å². The Morgan fingerprint density at radius 2 is 0.474 bits per heavy atom. The lowest BCUT2D eigenvalue weighted by molar-refractivity contribution is 0.861. The van der Waals surface area contributed by atoms with Crippen LogP contribution in [0, 0.1) is 0 Å². The normalized spacial score (nSPS) is 12.1. The third kappa shape index (κ3) is 3.79. The first-order valence-electron chi connectivity index (χ1n) is 13.0. The van der Waals surface area contributed by atoms with Crippen LogP contribution in [0.2, 0.25) is 0 Å². The Morgan fingerprint density at radius 1 is 0.263 bits per heavy atom. The molecule has 0 atom stereocenters. The van der Waals surface area contributed by atoms with Gasteiger partial charge >= 0.3 is 0 Å². The van der Waals surface area contributed by atoms with Crippen LogP contribution in [0.25, 0.3) is 0 Å². The molecule has 0 nitrogen and oxygen atoms in total. The van der Waals surface area contributed by atoms with Gasteiger partial charge in [-0.25, -0.2) is 0 Å². The molecule has 184 valence electrons. The molecule has 0 fully saturated rings. The van der Waals surface area contributed by atoms with Crippen molar-refractivity contribution in [2.75, 3.05) is 0 Å². The van der Waals surface area contributed by atoms with Gasteiger partial charge in [0.15, 0.2) is 0 Å². The third-order valence-corrected chi connectivity index (χ3v) is 11.9. The molecule has 0 aromatic heterocycles. The highest BCUT2D eigenvalue weighted by Gasteiger charge is 2.54. The highest BCUT2D eigenvalue weighted by molar-refractivity contribution is 8.34. The summed E-state index contributed by atoms with van der Waals surface area (Å²) in [6, 6.07) is 66.8. The van der Waals surface area contributed by atoms with E-state index in [0.717, 1.165) is 0 Å². The number of hydrogen-bond donors (Lipinski definition) is 0. The maximum Gasteiger partial charge on any atom is 0.0868 e. The molecule has 6 rings (SSSR count). The van der Waals surface area contributed by atoms with E-state index in [-0.39, 0.29) is 0 Å². The van der Waals surface area contributed by atoms with Crippen molar-refractivity contribution in [3.8, 4) is 0 Å². The first kappa shape index (κ1) is 24.0. The molecule has 6 aromatic carbocycles. The quantitative estimate of drug-likeness (QED) is 0.189. The summed E-state index contributed by atoms with van der Waals surface area (Å²) < 4.78 is -0.513. The smallest absolute Gasteiger partial charge is 0.0868 e. The van der Waals surface area contributed by atoms with Crippen LogP contribution in [0.15, 0.2) is 197 Å². The monoisotopic (exact) mass is 506 g/mol. The second-order valence-electron chi connectivity index (χ2n) is 9.33. The van der Waals surface area contributed by atoms with Gasteiger partial charge in [-0.15, -0.1) is 10.0 Å². The minimum absolute atomic E-state index is 0.513. The van der Waals surface area contributed by atoms with Crippen LogP contribution in [0.5, 0.6) is 0 Å². The summed E-state index contributed by atoms with van der Waals surface area (Å²) in [4.78, 5) is 3.98. The first-order chi connectivity index (χ1) is 18.9. The Labute approximate surface area is 227 Å². The van der Waals surface area contributed by atoms with Gasteiger partial charge in [-0.05, 0) is 67.8 Å². The molecule has 0 N–H and O–H groups in total. The fourth-order valence-electron chi connectivity index (χ4n) is 5.86. The molecule has 0 heterocycles. The van der Waals surface area contributed by atoms with E-state index >= 15 is 0 Å². The Morgan fingerprint density at radius 3 is 0.711 bits per heavy atom. The van der Waals surface area contributed by atoms with Gasteiger partial charge in [0, 0.05) is 0 Å². The van der Waals surface area contributed by atoms with E-state index in [9.17, 15) is 0 Å². The van der Waals surface area contributed by atoms with Crippen LogP contribution >= 0.6 is 10.0 Å². The molecule has 0 aliphatic rings. The maximum absolute atomic E-state index is 2.33. The average molecular weight is 507 g/mol. The second kappa shape index (κ2) is 10.6. The molecule has 0 bridgehead atoms. The molecule has 0 aliphatic carbocycles. The largest absolute Gasteiger partial charge is 0.142 e. The molecule has 0 spiro atoms. The molecular formula is C37H30S. The summed E-state index contributed by atoms with van der Waals surface area (Å²) in [6.45, 7) is 0. The first-order valence-corrected chi connectivity index (χ1v) is 14.7. The van der Waals surface area contributed by atoms with Crippen LogP contribution < -0.4 is 0 Å². The van der Waals surface area contributed by atoms with E-state index in [1.165, 1.54) is 31.4 Å². The summed E-state index contributed by atoms with van der Waals surface area (Å²) in [5.41, 5.74) is 3.84. The second-order valence-corrected chi connectivity index (χ2v) is 12.6. The van der Waals surface area contributed by atoms with Gasteiger partial charge in [-0.3, -0.25) is 0 Å². The molecule has 0 saturated carbocycles. The van der Waals surface area contributed by atoms with Crippen molar-refractivity contribution in [3.63, 3.8) is 0 Å². The number of benzene rings is 6. The van der Waals surface area contributed by atoms with Crippen molar-refractivity contribution in [1.29, 1.82) is 0 Å². The minimum Gasteiger partial charge on any atom is -0.142 e. The molecule has 0 amide bonds. The predicted octanol–water partition coefficient (Wildman–Crippen LogP) is 9.96. The Hall–Kier alpha value is -4.33. The number of rotatable bonds is 7. The van der Waals surface area contributed by atoms with Crippen molar-refractivity contribution in [3.05, 3.63) is 199 Å². The molecule has 6 aromatic rings. The fourth-order valence-corrected chi connectivity index (χ4v) is 10.9. The molecule has 0 radical (unpaired) electrons. The van der Waals surface area contributed by atoms with Crippen LogP contribution in [0.4, 0.5) is 0 Å². The van der Waals surface area contributed by atoms with Gasteiger partial charge in [0.05, 0.1) is 4.75 Å². The van der Waals surface area contributed by atoms with Gasteiger partial charge < -0.3 is 0 Å². The zero-order valence-electron chi connectivity index (χ0n) is 21.2. The van der Waals surface area contributed by atoms with E-state index in [4.69, 9.17) is 0 Å². The van der Waals surface area contributed by atoms with Gasteiger partial charge in [0.2, 0.25) is 0 Å². The Balaban J connectivity index is 1.93. The lowest BCUT2D eigenvalue weighted by atomic mass is 9.84. The summed E-state index contributed by atoms with van der Waals surface area (Å²) >= 11 is 0. The highest BCUT2D eigenvalue weighted by Crippen LogP contribution is 2.81. The topological polar surface area (TPSA) is 0 Å². The molecular weight excluding hydrogens is 476 g/mol. The number of hydrogen-bond acceptors (Lipinski definition) is 0. The van der Waals surface area contributed by atoms with Gasteiger partial charge in [-0.1, -0.05) is 146 Å². The minimum atomic E-state index is -1.99. The van der Waals surface area contributed by atoms with Crippen molar-refractivity contribution in [2.45, 2.75) is 19.4 Å². The average Bonchev–Trinajstić information content (AvgIpc) is 3.02. The zero-order chi connectivity index (χ0) is 25.7. The molecule has 0 saturated heterocycles. The Kier molecular flexibility index (Phi) is 6.69. The van der Waals surface area contributed by atoms with Crippen LogP contribution in [0.1, 0.15) is 16.7 Å². The van der Waals surface area contributed by atoms with Gasteiger partial charge in [-0.2, -0.15) is 0 Å². The lowest BCUT2D eigenvalue weighted by Gasteiger charge is -2.57.